The van der Waals surface area contributed by atoms with Crippen molar-refractivity contribution in [2.24, 2.45) is 4.99 Å². The third-order valence-corrected chi connectivity index (χ3v) is 4.88. The van der Waals surface area contributed by atoms with Crippen LogP contribution in [-0.4, -0.2) is 16.1 Å². The molecule has 138 valence electrons. The van der Waals surface area contributed by atoms with Gasteiger partial charge in [-0.3, -0.25) is 9.78 Å². The Bertz CT molecular complexity index is 1020. The fraction of sp³-hybridized carbons (Fsp3) is 0.0455. The molecule has 0 radical (unpaired) electrons. The number of hydrogen-bond acceptors (Lipinski definition) is 5. The number of benzene rings is 2. The maximum Gasteiger partial charge on any atom is 0.264 e. The fourth-order valence-electron chi connectivity index (χ4n) is 2.56. The van der Waals surface area contributed by atoms with Crippen LogP contribution in [-0.2, 0) is 11.4 Å². The predicted molar refractivity (Wildman–Crippen MR) is 112 cm³/mol. The van der Waals surface area contributed by atoms with Gasteiger partial charge in [0.1, 0.15) is 12.4 Å². The Labute approximate surface area is 167 Å². The lowest BCUT2D eigenvalue weighted by Gasteiger charge is -2.06. The summed E-state index contributed by atoms with van der Waals surface area (Å²) in [6, 6.07) is 21.0. The SMILES string of the molecule is O=C1NC(=Nc2ccccc2)SC1=Cc1ccc(OCc2ccncc2)cc1. The molecule has 0 saturated carbocycles. The highest BCUT2D eigenvalue weighted by molar-refractivity contribution is 8.18. The van der Waals surface area contributed by atoms with Gasteiger partial charge in [-0.2, -0.15) is 0 Å². The predicted octanol–water partition coefficient (Wildman–Crippen LogP) is 4.55. The van der Waals surface area contributed by atoms with Gasteiger partial charge >= 0.3 is 0 Å². The molecule has 0 unspecified atom stereocenters. The van der Waals surface area contributed by atoms with E-state index in [0.717, 1.165) is 22.6 Å². The van der Waals surface area contributed by atoms with Gasteiger partial charge in [0.2, 0.25) is 0 Å². The van der Waals surface area contributed by atoms with Crippen LogP contribution in [0.5, 0.6) is 5.75 Å². The Kier molecular flexibility index (Phi) is 5.49. The number of para-hydroxylation sites is 1. The molecular weight excluding hydrogens is 370 g/mol. The molecule has 6 heteroatoms. The van der Waals surface area contributed by atoms with E-state index >= 15 is 0 Å². The van der Waals surface area contributed by atoms with Crippen molar-refractivity contribution in [3.8, 4) is 5.75 Å². The summed E-state index contributed by atoms with van der Waals surface area (Å²) in [6.07, 6.45) is 5.33. The summed E-state index contributed by atoms with van der Waals surface area (Å²) in [7, 11) is 0. The molecule has 1 fully saturated rings. The molecule has 2 heterocycles. The lowest BCUT2D eigenvalue weighted by molar-refractivity contribution is -0.115. The molecule has 1 N–H and O–H groups in total. The van der Waals surface area contributed by atoms with E-state index in [1.54, 1.807) is 12.4 Å². The summed E-state index contributed by atoms with van der Waals surface area (Å²) < 4.78 is 5.77. The van der Waals surface area contributed by atoms with E-state index < -0.39 is 0 Å². The normalized spacial score (nSPS) is 16.4. The maximum absolute atomic E-state index is 12.2. The molecule has 1 saturated heterocycles. The third kappa shape index (κ3) is 4.66. The number of aliphatic imine (C=N–C) groups is 1. The van der Waals surface area contributed by atoms with Crippen LogP contribution in [0, 0.1) is 0 Å². The van der Waals surface area contributed by atoms with E-state index in [4.69, 9.17) is 4.74 Å². The zero-order valence-corrected chi connectivity index (χ0v) is 15.7. The average Bonchev–Trinajstić information content (AvgIpc) is 3.07. The van der Waals surface area contributed by atoms with Gasteiger partial charge in [0.25, 0.3) is 5.91 Å². The van der Waals surface area contributed by atoms with E-state index in [-0.39, 0.29) is 5.91 Å². The lowest BCUT2D eigenvalue weighted by Crippen LogP contribution is -2.19. The Morgan fingerprint density at radius 1 is 1.00 bits per heavy atom. The Hall–Kier alpha value is -3.38. The minimum atomic E-state index is -0.141. The molecule has 4 rings (SSSR count). The van der Waals surface area contributed by atoms with Crippen molar-refractivity contribution in [3.05, 3.63) is 95.2 Å². The van der Waals surface area contributed by atoms with Gasteiger partial charge in [-0.1, -0.05) is 30.3 Å². The second-order valence-electron chi connectivity index (χ2n) is 6.03. The van der Waals surface area contributed by atoms with Crippen LogP contribution in [0.25, 0.3) is 6.08 Å². The van der Waals surface area contributed by atoms with Crippen LogP contribution in [0.4, 0.5) is 5.69 Å². The molecule has 0 atom stereocenters. The van der Waals surface area contributed by atoms with Crippen molar-refractivity contribution in [2.75, 3.05) is 0 Å². The molecule has 1 amide bonds. The second-order valence-corrected chi connectivity index (χ2v) is 7.06. The van der Waals surface area contributed by atoms with E-state index in [0.29, 0.717) is 16.7 Å². The van der Waals surface area contributed by atoms with Gasteiger partial charge in [0, 0.05) is 12.4 Å². The van der Waals surface area contributed by atoms with Gasteiger partial charge in [-0.25, -0.2) is 4.99 Å². The molecule has 1 aromatic heterocycles. The third-order valence-electron chi connectivity index (χ3n) is 3.97. The van der Waals surface area contributed by atoms with Crippen molar-refractivity contribution in [2.45, 2.75) is 6.61 Å². The standard InChI is InChI=1S/C22H17N3O2S/c26-21-20(28-22(25-21)24-18-4-2-1-3-5-18)14-16-6-8-19(9-7-16)27-15-17-10-12-23-13-11-17/h1-14H,15H2,(H,24,25,26). The first kappa shape index (κ1) is 18.0. The smallest absolute Gasteiger partial charge is 0.264 e. The monoisotopic (exact) mass is 387 g/mol. The molecule has 2 aromatic carbocycles. The van der Waals surface area contributed by atoms with Crippen molar-refractivity contribution in [3.63, 3.8) is 0 Å². The van der Waals surface area contributed by atoms with Crippen molar-refractivity contribution < 1.29 is 9.53 Å². The van der Waals surface area contributed by atoms with Gasteiger partial charge in [0.05, 0.1) is 10.6 Å². The molecule has 0 bridgehead atoms. The molecule has 0 aliphatic carbocycles. The van der Waals surface area contributed by atoms with Crippen LogP contribution >= 0.6 is 11.8 Å². The number of amides is 1. The van der Waals surface area contributed by atoms with Crippen molar-refractivity contribution in [1.29, 1.82) is 0 Å². The largest absolute Gasteiger partial charge is 0.489 e. The fourth-order valence-corrected chi connectivity index (χ4v) is 3.40. The topological polar surface area (TPSA) is 63.6 Å². The molecule has 3 aromatic rings. The first-order valence-electron chi connectivity index (χ1n) is 8.73. The Morgan fingerprint density at radius 2 is 1.75 bits per heavy atom. The summed E-state index contributed by atoms with van der Waals surface area (Å²) in [6.45, 7) is 0.487. The number of carbonyl (C=O) groups is 1. The summed E-state index contributed by atoms with van der Waals surface area (Å²) in [5, 5.41) is 3.38. The number of nitrogens with one attached hydrogen (secondary N) is 1. The molecule has 28 heavy (non-hydrogen) atoms. The van der Waals surface area contributed by atoms with Crippen LogP contribution in [0.3, 0.4) is 0 Å². The number of amidine groups is 1. The maximum atomic E-state index is 12.2. The van der Waals surface area contributed by atoms with Gasteiger partial charge in [-0.15, -0.1) is 0 Å². The number of aromatic nitrogens is 1. The first-order chi connectivity index (χ1) is 13.8. The highest BCUT2D eigenvalue weighted by Crippen LogP contribution is 2.28. The first-order valence-corrected chi connectivity index (χ1v) is 9.54. The average molecular weight is 387 g/mol. The van der Waals surface area contributed by atoms with Crippen LogP contribution in [0.15, 0.2) is 89.0 Å². The van der Waals surface area contributed by atoms with E-state index in [9.17, 15) is 4.79 Å². The number of carbonyl (C=O) groups excluding carboxylic acids is 1. The van der Waals surface area contributed by atoms with Crippen LogP contribution in [0.1, 0.15) is 11.1 Å². The minimum Gasteiger partial charge on any atom is -0.489 e. The number of hydrogen-bond donors (Lipinski definition) is 1. The molecule has 1 aliphatic heterocycles. The molecule has 5 nitrogen and oxygen atoms in total. The highest BCUT2D eigenvalue weighted by Gasteiger charge is 2.23. The van der Waals surface area contributed by atoms with Gasteiger partial charge < -0.3 is 10.1 Å². The van der Waals surface area contributed by atoms with E-state index in [1.165, 1.54) is 11.8 Å². The highest BCUT2D eigenvalue weighted by atomic mass is 32.2. The van der Waals surface area contributed by atoms with Crippen LogP contribution in [0.2, 0.25) is 0 Å². The zero-order valence-electron chi connectivity index (χ0n) is 14.9. The van der Waals surface area contributed by atoms with Gasteiger partial charge in [0.15, 0.2) is 5.17 Å². The van der Waals surface area contributed by atoms with Gasteiger partial charge in [-0.05, 0) is 65.4 Å². The lowest BCUT2D eigenvalue weighted by atomic mass is 10.2. The molecule has 1 aliphatic rings. The second kappa shape index (κ2) is 8.54. The Morgan fingerprint density at radius 3 is 2.50 bits per heavy atom. The number of rotatable bonds is 5. The van der Waals surface area contributed by atoms with E-state index in [2.05, 4.69) is 15.3 Å². The van der Waals surface area contributed by atoms with Crippen molar-refractivity contribution in [1.82, 2.24) is 10.3 Å². The minimum absolute atomic E-state index is 0.141. The number of thioether (sulfide) groups is 1. The molecule has 0 spiro atoms. The summed E-state index contributed by atoms with van der Waals surface area (Å²) in [4.78, 5) is 21.2. The summed E-state index contributed by atoms with van der Waals surface area (Å²) in [5.41, 5.74) is 2.79. The zero-order chi connectivity index (χ0) is 19.2. The quantitative estimate of drug-likeness (QED) is 0.652. The molecular formula is C22H17N3O2S. The number of nitrogens with zero attached hydrogens (tertiary/aromatic N) is 2. The number of ether oxygens (including phenoxy) is 1. The van der Waals surface area contributed by atoms with Crippen molar-refractivity contribution >= 4 is 34.6 Å². The van der Waals surface area contributed by atoms with E-state index in [1.807, 2.05) is 72.8 Å². The number of pyridine rings is 1. The summed E-state index contributed by atoms with van der Waals surface area (Å²) in [5.74, 6) is 0.631. The Balaban J connectivity index is 1.41. The summed E-state index contributed by atoms with van der Waals surface area (Å²) >= 11 is 1.33. The van der Waals surface area contributed by atoms with Crippen LogP contribution < -0.4 is 10.1 Å².